The Morgan fingerprint density at radius 3 is 1.80 bits per heavy atom. The summed E-state index contributed by atoms with van der Waals surface area (Å²) in [5.74, 6) is 0.549. The van der Waals surface area contributed by atoms with Gasteiger partial charge in [0.05, 0.1) is 6.20 Å². The molecule has 0 bridgehead atoms. The van der Waals surface area contributed by atoms with Gasteiger partial charge in [0, 0.05) is 7.05 Å². The number of anilines is 2. The van der Waals surface area contributed by atoms with Gasteiger partial charge in [0.1, 0.15) is 23.2 Å². The Kier molecular flexibility index (Phi) is 6.82. The molecule has 3 N–H and O–H groups in total. The minimum Gasteiger partial charge on any atom is -0.465 e. The molecule has 2 amide bonds. The van der Waals surface area contributed by atoms with Gasteiger partial charge in [-0.1, -0.05) is 91.0 Å². The number of aromatic nitrogens is 2. The lowest BCUT2D eigenvalue weighted by atomic mass is 9.77. The summed E-state index contributed by atoms with van der Waals surface area (Å²) in [5.41, 5.74) is 2.55. The predicted molar refractivity (Wildman–Crippen MR) is 135 cm³/mol. The zero-order valence-electron chi connectivity index (χ0n) is 19.5. The first kappa shape index (κ1) is 23.6. The second-order valence-electron chi connectivity index (χ2n) is 8.11. The molecule has 1 aromatic heterocycles. The summed E-state index contributed by atoms with van der Waals surface area (Å²) in [6.07, 6.45) is 0.102. The van der Waals surface area contributed by atoms with Gasteiger partial charge < -0.3 is 15.7 Å². The third-order valence-corrected chi connectivity index (χ3v) is 5.99. The quantitative estimate of drug-likeness (QED) is 0.192. The van der Waals surface area contributed by atoms with E-state index in [1.54, 1.807) is 24.9 Å². The smallest absolute Gasteiger partial charge is 0.406 e. The van der Waals surface area contributed by atoms with Crippen molar-refractivity contribution in [3.05, 3.63) is 114 Å². The van der Waals surface area contributed by atoms with E-state index in [1.165, 1.54) is 4.90 Å². The maximum Gasteiger partial charge on any atom is 0.406 e. The van der Waals surface area contributed by atoms with E-state index in [-0.39, 0.29) is 0 Å². The van der Waals surface area contributed by atoms with E-state index in [1.807, 2.05) is 54.6 Å². The fourth-order valence-corrected chi connectivity index (χ4v) is 4.32. The molecule has 0 spiro atoms. The van der Waals surface area contributed by atoms with Crippen LogP contribution in [-0.4, -0.2) is 33.6 Å². The van der Waals surface area contributed by atoms with Crippen LogP contribution in [0.2, 0.25) is 0 Å². The number of carboxylic acid groups (broad SMARTS) is 1. The highest BCUT2D eigenvalue weighted by Gasteiger charge is 2.38. The van der Waals surface area contributed by atoms with Crippen molar-refractivity contribution in [2.45, 2.75) is 18.6 Å². The summed E-state index contributed by atoms with van der Waals surface area (Å²) in [5, 5.41) is 19.6. The molecule has 8 nitrogen and oxygen atoms in total. The van der Waals surface area contributed by atoms with Gasteiger partial charge in [-0.25, -0.2) is 4.79 Å². The third kappa shape index (κ3) is 4.59. The molecular formula is C27H27N5O3. The van der Waals surface area contributed by atoms with E-state index < -0.39 is 17.8 Å². The Morgan fingerprint density at radius 1 is 0.943 bits per heavy atom. The number of aryl methyl sites for hydroxylation is 1. The van der Waals surface area contributed by atoms with Crippen LogP contribution in [-0.2, 0) is 17.4 Å². The topological polar surface area (TPSA) is 99.5 Å². The van der Waals surface area contributed by atoms with Crippen LogP contribution in [0, 0.1) is 0 Å². The number of carbonyl (C=O) groups is 2. The summed E-state index contributed by atoms with van der Waals surface area (Å²) in [6.45, 7) is 1.60. The molecule has 4 aromatic rings. The van der Waals surface area contributed by atoms with E-state index in [0.29, 0.717) is 17.9 Å². The number of hydrogen-bond acceptors (Lipinski definition) is 4. The minimum atomic E-state index is -1.23. The number of nitrogens with zero attached hydrogens (tertiary/aromatic N) is 3. The molecule has 35 heavy (non-hydrogen) atoms. The highest BCUT2D eigenvalue weighted by molar-refractivity contribution is 5.84. The van der Waals surface area contributed by atoms with Gasteiger partial charge in [-0.05, 0) is 23.6 Å². The summed E-state index contributed by atoms with van der Waals surface area (Å²) < 4.78 is 1.64. The average Bonchev–Trinajstić information content (AvgIpc) is 3.23. The second kappa shape index (κ2) is 10.1. The van der Waals surface area contributed by atoms with Crippen LogP contribution < -0.4 is 15.5 Å². The van der Waals surface area contributed by atoms with Crippen molar-refractivity contribution in [1.82, 2.24) is 15.1 Å². The number of nitrogens with one attached hydrogen (secondary N) is 2. The van der Waals surface area contributed by atoms with Crippen molar-refractivity contribution in [2.75, 3.05) is 10.2 Å². The molecule has 4 rings (SSSR count). The fraction of sp³-hybridized carbons (Fsp3) is 0.148. The van der Waals surface area contributed by atoms with Gasteiger partial charge in [0.15, 0.2) is 0 Å². The molecule has 1 unspecified atom stereocenters. The Balaban J connectivity index is 1.95. The van der Waals surface area contributed by atoms with Gasteiger partial charge in [-0.3, -0.25) is 14.4 Å². The third-order valence-electron chi connectivity index (χ3n) is 5.99. The number of carbonyl (C=O) groups excluding carboxylic acids is 1. The van der Waals surface area contributed by atoms with Crippen LogP contribution in [0.3, 0.4) is 0 Å². The van der Waals surface area contributed by atoms with Crippen LogP contribution in [0.4, 0.5) is 16.3 Å². The lowest BCUT2D eigenvalue weighted by Crippen LogP contribution is -2.46. The molecule has 0 aliphatic rings. The van der Waals surface area contributed by atoms with E-state index >= 15 is 0 Å². The molecule has 0 aliphatic carbocycles. The minimum absolute atomic E-state index is 0.441. The van der Waals surface area contributed by atoms with Gasteiger partial charge >= 0.3 is 6.09 Å². The highest BCUT2D eigenvalue weighted by Crippen LogP contribution is 2.42. The van der Waals surface area contributed by atoms with Crippen LogP contribution in [0.15, 0.2) is 97.2 Å². The average molecular weight is 470 g/mol. The zero-order chi connectivity index (χ0) is 24.8. The first-order chi connectivity index (χ1) is 17.0. The van der Waals surface area contributed by atoms with E-state index in [0.717, 1.165) is 16.7 Å². The Hall–Kier alpha value is -4.59. The van der Waals surface area contributed by atoms with Crippen LogP contribution in [0.5, 0.6) is 0 Å². The molecule has 0 aliphatic heterocycles. The van der Waals surface area contributed by atoms with Crippen molar-refractivity contribution in [2.24, 2.45) is 7.05 Å². The maximum absolute atomic E-state index is 12.1. The fourth-order valence-electron chi connectivity index (χ4n) is 4.32. The van der Waals surface area contributed by atoms with E-state index in [2.05, 4.69) is 52.1 Å². The molecule has 1 heterocycles. The molecule has 0 saturated carbocycles. The highest BCUT2D eigenvalue weighted by atomic mass is 16.4. The van der Waals surface area contributed by atoms with E-state index in [9.17, 15) is 14.7 Å². The van der Waals surface area contributed by atoms with Gasteiger partial charge in [-0.15, -0.1) is 0 Å². The molecule has 0 saturated heterocycles. The molecular weight excluding hydrogens is 442 g/mol. The first-order valence-corrected chi connectivity index (χ1v) is 11.2. The zero-order valence-corrected chi connectivity index (χ0v) is 19.5. The standard InChI is InChI=1S/C27H27N5O3/c1-20(29-26(34)35)32(19-33)24-18-28-31(2)25(24)30-27(21-12-6-3-7-13-21,22-14-8-4-9-15-22)23-16-10-5-11-17-23/h3-20,29-30H,1-2H3,(H,34,35). The monoisotopic (exact) mass is 469 g/mol. The van der Waals surface area contributed by atoms with Crippen molar-refractivity contribution >= 4 is 24.0 Å². The Labute approximate surface area is 203 Å². The molecule has 0 radical (unpaired) electrons. The summed E-state index contributed by atoms with van der Waals surface area (Å²) in [7, 11) is 1.77. The Bertz CT molecular complexity index is 1180. The lowest BCUT2D eigenvalue weighted by Gasteiger charge is -2.38. The summed E-state index contributed by atoms with van der Waals surface area (Å²) in [4.78, 5) is 24.6. The van der Waals surface area contributed by atoms with Crippen LogP contribution in [0.1, 0.15) is 23.6 Å². The SMILES string of the molecule is CC(NC(=O)O)N(C=O)c1cnn(C)c1NC(c1ccccc1)(c1ccccc1)c1ccccc1. The van der Waals surface area contributed by atoms with Crippen molar-refractivity contribution < 1.29 is 14.7 Å². The second-order valence-corrected chi connectivity index (χ2v) is 8.11. The van der Waals surface area contributed by atoms with Crippen LogP contribution in [0.25, 0.3) is 0 Å². The predicted octanol–water partition coefficient (Wildman–Crippen LogP) is 4.40. The van der Waals surface area contributed by atoms with Crippen molar-refractivity contribution in [3.8, 4) is 0 Å². The molecule has 0 fully saturated rings. The number of benzene rings is 3. The summed E-state index contributed by atoms with van der Waals surface area (Å²) in [6, 6.07) is 30.1. The van der Waals surface area contributed by atoms with Crippen molar-refractivity contribution in [3.63, 3.8) is 0 Å². The summed E-state index contributed by atoms with van der Waals surface area (Å²) >= 11 is 0. The van der Waals surface area contributed by atoms with Crippen LogP contribution >= 0.6 is 0 Å². The normalized spacial score (nSPS) is 11.9. The number of rotatable bonds is 9. The van der Waals surface area contributed by atoms with Gasteiger partial charge in [-0.2, -0.15) is 5.10 Å². The van der Waals surface area contributed by atoms with Gasteiger partial charge in [0.25, 0.3) is 0 Å². The first-order valence-electron chi connectivity index (χ1n) is 11.2. The van der Waals surface area contributed by atoms with E-state index in [4.69, 9.17) is 0 Å². The largest absolute Gasteiger partial charge is 0.465 e. The molecule has 1 atom stereocenters. The van der Waals surface area contributed by atoms with Gasteiger partial charge in [0.2, 0.25) is 6.41 Å². The molecule has 178 valence electrons. The molecule has 8 heteroatoms. The van der Waals surface area contributed by atoms with Crippen molar-refractivity contribution in [1.29, 1.82) is 0 Å². The number of amides is 2. The molecule has 3 aromatic carbocycles. The number of hydrogen-bond donors (Lipinski definition) is 3. The Morgan fingerprint density at radius 2 is 1.40 bits per heavy atom. The maximum atomic E-state index is 12.1. The lowest BCUT2D eigenvalue weighted by molar-refractivity contribution is -0.107.